The molecule has 1 amide bonds. The highest BCUT2D eigenvalue weighted by Crippen LogP contribution is 2.33. The lowest BCUT2D eigenvalue weighted by atomic mass is 10.1. The molecule has 1 fully saturated rings. The number of carbonyl (C=O) groups is 1. The van der Waals surface area contributed by atoms with Crippen LogP contribution in [-0.4, -0.2) is 32.0 Å². The Hall–Kier alpha value is -4.72. The molecule has 3 aromatic carbocycles. The predicted octanol–water partition coefficient (Wildman–Crippen LogP) is 5.65. The smallest absolute Gasteiger partial charge is 0.253 e. The molecule has 0 bridgehead atoms. The molecule has 0 aliphatic carbocycles. The molecule has 8 heteroatoms. The minimum absolute atomic E-state index is 0.0332. The number of imidazole rings is 1. The first-order valence-corrected chi connectivity index (χ1v) is 11.7. The second-order valence-corrected chi connectivity index (χ2v) is 8.95. The van der Waals surface area contributed by atoms with Crippen molar-refractivity contribution in [1.29, 1.82) is 0 Å². The van der Waals surface area contributed by atoms with Gasteiger partial charge in [0.25, 0.3) is 5.91 Å². The Morgan fingerprint density at radius 1 is 1.00 bits per heavy atom. The Morgan fingerprint density at radius 2 is 1.89 bits per heavy atom. The summed E-state index contributed by atoms with van der Waals surface area (Å²) in [5.41, 5.74) is 6.03. The van der Waals surface area contributed by atoms with E-state index in [4.69, 9.17) is 4.74 Å². The van der Waals surface area contributed by atoms with Crippen LogP contribution in [0.3, 0.4) is 0 Å². The molecule has 0 atom stereocenters. The van der Waals surface area contributed by atoms with Gasteiger partial charge in [0.2, 0.25) is 0 Å². The van der Waals surface area contributed by atoms with Gasteiger partial charge in [-0.2, -0.15) is 0 Å². The molecular formula is C28H24N6O2. The van der Waals surface area contributed by atoms with Gasteiger partial charge in [0.05, 0.1) is 22.9 Å². The third-order valence-electron chi connectivity index (χ3n) is 6.48. The summed E-state index contributed by atoms with van der Waals surface area (Å²) in [6.07, 6.45) is 4.00. The SMILES string of the molecule is C=C1CCN(c2ccc3ncnc(Nc4ccc(Oc5ccc6c(c5)ncn6C)c(C)c4)c3c2)C1=O. The molecule has 3 heterocycles. The molecule has 1 aliphatic rings. The molecule has 6 rings (SSSR count). The lowest BCUT2D eigenvalue weighted by Gasteiger charge is -2.17. The third-order valence-corrected chi connectivity index (χ3v) is 6.48. The second-order valence-electron chi connectivity index (χ2n) is 8.95. The summed E-state index contributed by atoms with van der Waals surface area (Å²) in [6.45, 7) is 6.49. The molecule has 5 aromatic rings. The Kier molecular flexibility index (Phi) is 5.14. The number of hydrogen-bond donors (Lipinski definition) is 1. The van der Waals surface area contributed by atoms with E-state index in [-0.39, 0.29) is 5.91 Å². The monoisotopic (exact) mass is 476 g/mol. The second kappa shape index (κ2) is 8.49. The minimum atomic E-state index is -0.0332. The molecule has 0 radical (unpaired) electrons. The fraction of sp³-hybridized carbons (Fsp3) is 0.143. The average molecular weight is 477 g/mol. The van der Waals surface area contributed by atoms with Gasteiger partial charge in [-0.15, -0.1) is 0 Å². The highest BCUT2D eigenvalue weighted by Gasteiger charge is 2.25. The molecule has 178 valence electrons. The van der Waals surface area contributed by atoms with Gasteiger partial charge in [0.1, 0.15) is 23.6 Å². The zero-order chi connectivity index (χ0) is 24.8. The van der Waals surface area contributed by atoms with Crippen molar-refractivity contribution in [3.63, 3.8) is 0 Å². The zero-order valence-corrected chi connectivity index (χ0v) is 20.0. The van der Waals surface area contributed by atoms with Gasteiger partial charge in [0.15, 0.2) is 0 Å². The average Bonchev–Trinajstić information content (AvgIpc) is 3.42. The van der Waals surface area contributed by atoms with Crippen LogP contribution >= 0.6 is 0 Å². The normalized spacial score (nSPS) is 13.7. The van der Waals surface area contributed by atoms with Crippen molar-refractivity contribution >= 4 is 45.0 Å². The topological polar surface area (TPSA) is 85.2 Å². The summed E-state index contributed by atoms with van der Waals surface area (Å²) in [7, 11) is 1.97. The number of rotatable bonds is 5. The van der Waals surface area contributed by atoms with Crippen molar-refractivity contribution in [2.75, 3.05) is 16.8 Å². The molecule has 1 N–H and O–H groups in total. The first kappa shape index (κ1) is 21.8. The van der Waals surface area contributed by atoms with Gasteiger partial charge in [-0.05, 0) is 67.4 Å². The summed E-state index contributed by atoms with van der Waals surface area (Å²) in [4.78, 5) is 27.5. The van der Waals surface area contributed by atoms with Gasteiger partial charge in [-0.3, -0.25) is 4.79 Å². The number of aryl methyl sites for hydroxylation is 2. The first-order chi connectivity index (χ1) is 17.5. The van der Waals surface area contributed by atoms with E-state index in [9.17, 15) is 4.79 Å². The minimum Gasteiger partial charge on any atom is -0.457 e. The summed E-state index contributed by atoms with van der Waals surface area (Å²) in [6, 6.07) is 17.6. The summed E-state index contributed by atoms with van der Waals surface area (Å²) in [5, 5.41) is 4.24. The number of hydrogen-bond acceptors (Lipinski definition) is 6. The quantitative estimate of drug-likeness (QED) is 0.330. The van der Waals surface area contributed by atoms with Gasteiger partial charge >= 0.3 is 0 Å². The van der Waals surface area contributed by atoms with Crippen molar-refractivity contribution in [3.8, 4) is 11.5 Å². The van der Waals surface area contributed by atoms with Crippen LogP contribution in [0.4, 0.5) is 17.2 Å². The Labute approximate surface area is 207 Å². The number of nitrogens with one attached hydrogen (secondary N) is 1. The molecule has 0 spiro atoms. The number of benzene rings is 3. The molecule has 0 unspecified atom stereocenters. The van der Waals surface area contributed by atoms with E-state index in [1.165, 1.54) is 6.33 Å². The lowest BCUT2D eigenvalue weighted by Crippen LogP contribution is -2.24. The third kappa shape index (κ3) is 3.82. The van der Waals surface area contributed by atoms with Crippen molar-refractivity contribution < 1.29 is 9.53 Å². The van der Waals surface area contributed by atoms with Crippen LogP contribution < -0.4 is 15.0 Å². The van der Waals surface area contributed by atoms with E-state index >= 15 is 0 Å². The van der Waals surface area contributed by atoms with E-state index in [0.29, 0.717) is 24.4 Å². The fourth-order valence-corrected chi connectivity index (χ4v) is 4.49. The first-order valence-electron chi connectivity index (χ1n) is 11.7. The number of ether oxygens (including phenoxy) is 1. The summed E-state index contributed by atoms with van der Waals surface area (Å²) in [5.74, 6) is 2.13. The van der Waals surface area contributed by atoms with Crippen LogP contribution in [0, 0.1) is 6.92 Å². The largest absolute Gasteiger partial charge is 0.457 e. The predicted molar refractivity (Wildman–Crippen MR) is 141 cm³/mol. The highest BCUT2D eigenvalue weighted by molar-refractivity contribution is 6.08. The van der Waals surface area contributed by atoms with Crippen LogP contribution in [-0.2, 0) is 11.8 Å². The Bertz CT molecular complexity index is 1670. The van der Waals surface area contributed by atoms with Gasteiger partial charge in [0, 0.05) is 42.0 Å². The van der Waals surface area contributed by atoms with E-state index in [2.05, 4.69) is 26.8 Å². The zero-order valence-electron chi connectivity index (χ0n) is 20.0. The standard InChI is InChI=1S/C28H24N6O2/c1-17-10-11-34(28(17)35)20-5-7-23-22(13-20)27(30-15-29-23)32-19-4-9-26(18(2)12-19)36-21-6-8-25-24(14-21)31-16-33(25)3/h4-9,12-16H,1,10-11H2,2-3H3,(H,29,30,32). The molecular weight excluding hydrogens is 452 g/mol. The van der Waals surface area contributed by atoms with Crippen LogP contribution in [0.15, 0.2) is 79.4 Å². The molecule has 36 heavy (non-hydrogen) atoms. The summed E-state index contributed by atoms with van der Waals surface area (Å²) < 4.78 is 8.12. The number of carbonyl (C=O) groups excluding carboxylic acids is 1. The molecule has 2 aromatic heterocycles. The van der Waals surface area contributed by atoms with Gasteiger partial charge in [-0.25, -0.2) is 15.0 Å². The van der Waals surface area contributed by atoms with E-state index in [1.807, 2.05) is 73.1 Å². The number of aromatic nitrogens is 4. The van der Waals surface area contributed by atoms with Crippen LogP contribution in [0.5, 0.6) is 11.5 Å². The lowest BCUT2D eigenvalue weighted by molar-refractivity contribution is -0.114. The van der Waals surface area contributed by atoms with Crippen LogP contribution in [0.2, 0.25) is 0 Å². The fourth-order valence-electron chi connectivity index (χ4n) is 4.49. The van der Waals surface area contributed by atoms with Crippen LogP contribution in [0.25, 0.3) is 21.9 Å². The van der Waals surface area contributed by atoms with E-state index < -0.39 is 0 Å². The molecule has 1 saturated heterocycles. The maximum absolute atomic E-state index is 12.4. The van der Waals surface area contributed by atoms with E-state index in [1.54, 1.807) is 11.2 Å². The summed E-state index contributed by atoms with van der Waals surface area (Å²) >= 11 is 0. The van der Waals surface area contributed by atoms with Gasteiger partial charge < -0.3 is 19.5 Å². The maximum Gasteiger partial charge on any atom is 0.253 e. The van der Waals surface area contributed by atoms with Crippen molar-refractivity contribution in [3.05, 3.63) is 85.0 Å². The number of nitrogens with zero attached hydrogens (tertiary/aromatic N) is 5. The number of fused-ring (bicyclic) bond motifs is 2. The Balaban J connectivity index is 1.26. The Morgan fingerprint density at radius 3 is 2.69 bits per heavy atom. The highest BCUT2D eigenvalue weighted by atomic mass is 16.5. The van der Waals surface area contributed by atoms with Crippen molar-refractivity contribution in [2.24, 2.45) is 7.05 Å². The van der Waals surface area contributed by atoms with E-state index in [0.717, 1.165) is 50.4 Å². The molecule has 0 saturated carbocycles. The van der Waals surface area contributed by atoms with Crippen LogP contribution in [0.1, 0.15) is 12.0 Å². The molecule has 1 aliphatic heterocycles. The van der Waals surface area contributed by atoms with Crippen molar-refractivity contribution in [1.82, 2.24) is 19.5 Å². The number of anilines is 3. The van der Waals surface area contributed by atoms with Gasteiger partial charge in [-0.1, -0.05) is 6.58 Å². The molecule has 8 nitrogen and oxygen atoms in total. The number of amides is 1. The van der Waals surface area contributed by atoms with Crippen molar-refractivity contribution in [2.45, 2.75) is 13.3 Å². The maximum atomic E-state index is 12.4.